The van der Waals surface area contributed by atoms with Crippen LogP contribution in [0.5, 0.6) is 0 Å². The second-order valence-electron chi connectivity index (χ2n) is 4.65. The maximum absolute atomic E-state index is 13.9. The third-order valence-electron chi connectivity index (χ3n) is 3.18. The number of hydrogen-bond donors (Lipinski definition) is 2. The molecule has 2 rings (SSSR count). The molecule has 1 saturated heterocycles. The van der Waals surface area contributed by atoms with Gasteiger partial charge in [-0.3, -0.25) is 9.69 Å². The molecule has 4 nitrogen and oxygen atoms in total. The van der Waals surface area contributed by atoms with E-state index in [1.807, 2.05) is 11.8 Å². The molecule has 1 aliphatic heterocycles. The Balaban J connectivity index is 2.28. The van der Waals surface area contributed by atoms with E-state index >= 15 is 0 Å². The second kappa shape index (κ2) is 5.46. The molecule has 1 aliphatic rings. The van der Waals surface area contributed by atoms with E-state index in [0.29, 0.717) is 18.7 Å². The average Bonchev–Trinajstić information content (AvgIpc) is 2.32. The summed E-state index contributed by atoms with van der Waals surface area (Å²) in [7, 11) is 0. The fourth-order valence-corrected chi connectivity index (χ4v) is 2.42. The first-order valence-electron chi connectivity index (χ1n) is 6.10. The predicted molar refractivity (Wildman–Crippen MR) is 67.4 cm³/mol. The van der Waals surface area contributed by atoms with Crippen molar-refractivity contribution in [3.05, 3.63) is 35.6 Å². The molecule has 1 heterocycles. The standard InChI is InChI=1S/C13H18FN3O/c1-9(15)13(10-4-2-3-5-11(10)14)17-7-6-16-12(18)8-17/h2-5,9,13H,6-8,15H2,1H3,(H,16,18). The van der Waals surface area contributed by atoms with Crippen molar-refractivity contribution in [2.24, 2.45) is 5.73 Å². The molecule has 2 atom stereocenters. The van der Waals surface area contributed by atoms with Gasteiger partial charge in [0.1, 0.15) is 5.82 Å². The van der Waals surface area contributed by atoms with Crippen molar-refractivity contribution >= 4 is 5.91 Å². The Morgan fingerprint density at radius 2 is 2.17 bits per heavy atom. The first-order valence-corrected chi connectivity index (χ1v) is 6.10. The molecule has 0 saturated carbocycles. The lowest BCUT2D eigenvalue weighted by Crippen LogP contribution is -2.52. The van der Waals surface area contributed by atoms with Crippen molar-refractivity contribution < 1.29 is 9.18 Å². The molecule has 1 fully saturated rings. The van der Waals surface area contributed by atoms with E-state index in [1.54, 1.807) is 18.2 Å². The molecule has 0 radical (unpaired) electrons. The monoisotopic (exact) mass is 251 g/mol. The van der Waals surface area contributed by atoms with Gasteiger partial charge < -0.3 is 11.1 Å². The lowest BCUT2D eigenvalue weighted by atomic mass is 9.98. The molecular formula is C13H18FN3O. The van der Waals surface area contributed by atoms with Gasteiger partial charge in [0.25, 0.3) is 0 Å². The Kier molecular flexibility index (Phi) is 3.93. The summed E-state index contributed by atoms with van der Waals surface area (Å²) in [5.41, 5.74) is 6.53. The molecule has 0 spiro atoms. The van der Waals surface area contributed by atoms with E-state index < -0.39 is 0 Å². The summed E-state index contributed by atoms with van der Waals surface area (Å²) >= 11 is 0. The van der Waals surface area contributed by atoms with Crippen molar-refractivity contribution in [1.29, 1.82) is 0 Å². The van der Waals surface area contributed by atoms with Crippen LogP contribution in [0.15, 0.2) is 24.3 Å². The van der Waals surface area contributed by atoms with Gasteiger partial charge in [0.15, 0.2) is 0 Å². The van der Waals surface area contributed by atoms with Gasteiger partial charge >= 0.3 is 0 Å². The summed E-state index contributed by atoms with van der Waals surface area (Å²) in [6, 6.07) is 6.09. The minimum atomic E-state index is -0.272. The molecule has 1 aromatic carbocycles. The van der Waals surface area contributed by atoms with Gasteiger partial charge in [0.2, 0.25) is 5.91 Å². The van der Waals surface area contributed by atoms with Crippen LogP contribution in [0.4, 0.5) is 4.39 Å². The lowest BCUT2D eigenvalue weighted by molar-refractivity contribution is -0.125. The normalized spacial score (nSPS) is 20.3. The van der Waals surface area contributed by atoms with Crippen LogP contribution in [0.25, 0.3) is 0 Å². The van der Waals surface area contributed by atoms with Crippen molar-refractivity contribution in [3.8, 4) is 0 Å². The van der Waals surface area contributed by atoms with Gasteiger partial charge in [-0.2, -0.15) is 0 Å². The Morgan fingerprint density at radius 1 is 1.44 bits per heavy atom. The molecule has 1 amide bonds. The summed E-state index contributed by atoms with van der Waals surface area (Å²) in [4.78, 5) is 13.4. The summed E-state index contributed by atoms with van der Waals surface area (Å²) in [5.74, 6) is -0.311. The van der Waals surface area contributed by atoms with E-state index in [9.17, 15) is 9.18 Å². The summed E-state index contributed by atoms with van der Waals surface area (Å²) < 4.78 is 13.9. The number of piperazine rings is 1. The van der Waals surface area contributed by atoms with Crippen LogP contribution in [-0.4, -0.2) is 36.5 Å². The van der Waals surface area contributed by atoms with Crippen LogP contribution in [-0.2, 0) is 4.79 Å². The second-order valence-corrected chi connectivity index (χ2v) is 4.65. The Hall–Kier alpha value is -1.46. The SMILES string of the molecule is CC(N)C(c1ccccc1F)N1CCNC(=O)C1. The molecule has 0 aliphatic carbocycles. The van der Waals surface area contributed by atoms with Crippen molar-refractivity contribution in [1.82, 2.24) is 10.2 Å². The van der Waals surface area contributed by atoms with Crippen molar-refractivity contribution in [2.45, 2.75) is 19.0 Å². The Labute approximate surface area is 106 Å². The first kappa shape index (κ1) is 13.0. The van der Waals surface area contributed by atoms with Gasteiger partial charge in [-0.05, 0) is 13.0 Å². The lowest BCUT2D eigenvalue weighted by Gasteiger charge is -2.36. The summed E-state index contributed by atoms with van der Waals surface area (Å²) in [6.07, 6.45) is 0. The Morgan fingerprint density at radius 3 is 2.78 bits per heavy atom. The maximum Gasteiger partial charge on any atom is 0.234 e. The summed E-state index contributed by atoms with van der Waals surface area (Å²) in [5, 5.41) is 2.76. The minimum absolute atomic E-state index is 0.0387. The zero-order chi connectivity index (χ0) is 13.1. The molecular weight excluding hydrogens is 233 g/mol. The number of halogens is 1. The third kappa shape index (κ3) is 2.68. The molecule has 2 unspecified atom stereocenters. The number of amides is 1. The number of nitrogens with two attached hydrogens (primary N) is 1. The zero-order valence-electron chi connectivity index (χ0n) is 10.4. The van der Waals surface area contributed by atoms with Crippen LogP contribution in [0, 0.1) is 5.82 Å². The van der Waals surface area contributed by atoms with Crippen LogP contribution < -0.4 is 11.1 Å². The van der Waals surface area contributed by atoms with E-state index in [0.717, 1.165) is 0 Å². The molecule has 3 N–H and O–H groups in total. The number of nitrogens with zero attached hydrogens (tertiary/aromatic N) is 1. The molecule has 5 heteroatoms. The Bertz CT molecular complexity index is 436. The number of carbonyl (C=O) groups is 1. The summed E-state index contributed by atoms with van der Waals surface area (Å²) in [6.45, 7) is 3.37. The van der Waals surface area contributed by atoms with E-state index in [4.69, 9.17) is 5.73 Å². The third-order valence-corrected chi connectivity index (χ3v) is 3.18. The van der Waals surface area contributed by atoms with E-state index in [-0.39, 0.29) is 30.4 Å². The van der Waals surface area contributed by atoms with Gasteiger partial charge in [0, 0.05) is 24.7 Å². The van der Waals surface area contributed by atoms with Crippen molar-refractivity contribution in [3.63, 3.8) is 0 Å². The van der Waals surface area contributed by atoms with Gasteiger partial charge in [-0.15, -0.1) is 0 Å². The van der Waals surface area contributed by atoms with E-state index in [2.05, 4.69) is 5.32 Å². The largest absolute Gasteiger partial charge is 0.354 e. The predicted octanol–water partition coefficient (Wildman–Crippen LogP) is 0.646. The zero-order valence-corrected chi connectivity index (χ0v) is 10.4. The number of benzene rings is 1. The highest BCUT2D eigenvalue weighted by Crippen LogP contribution is 2.26. The molecule has 1 aromatic rings. The average molecular weight is 251 g/mol. The van der Waals surface area contributed by atoms with Crippen LogP contribution in [0.3, 0.4) is 0 Å². The number of hydrogen-bond acceptors (Lipinski definition) is 3. The molecule has 0 aromatic heterocycles. The van der Waals surface area contributed by atoms with Gasteiger partial charge in [0.05, 0.1) is 12.6 Å². The molecule has 98 valence electrons. The van der Waals surface area contributed by atoms with Crippen molar-refractivity contribution in [2.75, 3.05) is 19.6 Å². The van der Waals surface area contributed by atoms with Gasteiger partial charge in [-0.25, -0.2) is 4.39 Å². The first-order chi connectivity index (χ1) is 8.59. The minimum Gasteiger partial charge on any atom is -0.354 e. The van der Waals surface area contributed by atoms with Crippen LogP contribution in [0.2, 0.25) is 0 Å². The number of rotatable bonds is 3. The molecule has 18 heavy (non-hydrogen) atoms. The maximum atomic E-state index is 13.9. The topological polar surface area (TPSA) is 58.4 Å². The van der Waals surface area contributed by atoms with Gasteiger partial charge in [-0.1, -0.05) is 18.2 Å². The highest BCUT2D eigenvalue weighted by atomic mass is 19.1. The van der Waals surface area contributed by atoms with Crippen LogP contribution in [0.1, 0.15) is 18.5 Å². The number of nitrogens with one attached hydrogen (secondary N) is 1. The molecule has 0 bridgehead atoms. The quantitative estimate of drug-likeness (QED) is 0.829. The van der Waals surface area contributed by atoms with Crippen LogP contribution >= 0.6 is 0 Å². The highest BCUT2D eigenvalue weighted by Gasteiger charge is 2.29. The smallest absolute Gasteiger partial charge is 0.234 e. The fraction of sp³-hybridized carbons (Fsp3) is 0.462. The fourth-order valence-electron chi connectivity index (χ4n) is 2.42. The van der Waals surface area contributed by atoms with E-state index in [1.165, 1.54) is 6.07 Å². The highest BCUT2D eigenvalue weighted by molar-refractivity contribution is 5.78. The number of carbonyl (C=O) groups excluding carboxylic acids is 1.